The van der Waals surface area contributed by atoms with Crippen molar-refractivity contribution in [2.45, 2.75) is 18.4 Å². The van der Waals surface area contributed by atoms with Gasteiger partial charge in [0.1, 0.15) is 11.5 Å². The average Bonchev–Trinajstić information content (AvgIpc) is 3.11. The summed E-state index contributed by atoms with van der Waals surface area (Å²) in [7, 11) is -0.777. The van der Waals surface area contributed by atoms with E-state index in [2.05, 4.69) is 0 Å². The Morgan fingerprint density at radius 3 is 2.41 bits per heavy atom. The minimum atomic E-state index is -3.86. The molecule has 0 saturated carbocycles. The van der Waals surface area contributed by atoms with Gasteiger partial charge in [-0.3, -0.25) is 9.10 Å². The van der Waals surface area contributed by atoms with E-state index in [1.807, 2.05) is 13.0 Å². The molecule has 6 nitrogen and oxygen atoms in total. The highest BCUT2D eigenvalue weighted by Crippen LogP contribution is 2.25. The zero-order valence-electron chi connectivity index (χ0n) is 16.3. The van der Waals surface area contributed by atoms with Crippen molar-refractivity contribution < 1.29 is 17.6 Å². The van der Waals surface area contributed by atoms with Gasteiger partial charge in [-0.15, -0.1) is 0 Å². The first kappa shape index (κ1) is 21.0. The number of halogens is 1. The molecule has 0 atom stereocenters. The van der Waals surface area contributed by atoms with Gasteiger partial charge in [-0.1, -0.05) is 23.7 Å². The van der Waals surface area contributed by atoms with Crippen molar-refractivity contribution in [3.63, 3.8) is 0 Å². The number of benzene rings is 2. The molecular formula is C21H21ClN2O4S. The van der Waals surface area contributed by atoms with Crippen molar-refractivity contribution >= 4 is 33.2 Å². The smallest absolute Gasteiger partial charge is 0.264 e. The second kappa shape index (κ2) is 8.31. The molecule has 0 aliphatic heterocycles. The zero-order chi connectivity index (χ0) is 21.2. The third kappa shape index (κ3) is 4.63. The van der Waals surface area contributed by atoms with Crippen LogP contribution < -0.4 is 4.31 Å². The van der Waals surface area contributed by atoms with Gasteiger partial charge in [-0.25, -0.2) is 8.42 Å². The van der Waals surface area contributed by atoms with E-state index in [9.17, 15) is 13.2 Å². The average molecular weight is 433 g/mol. The molecule has 0 spiro atoms. The lowest BCUT2D eigenvalue weighted by atomic mass is 10.2. The second-order valence-electron chi connectivity index (χ2n) is 6.65. The van der Waals surface area contributed by atoms with Gasteiger partial charge in [0.2, 0.25) is 0 Å². The standard InChI is InChI=1S/C21H21ClN2O4S/c1-15-10-11-19(28-15)14-23(2)21(25)16-6-4-9-20(12-16)29(26,27)24(3)18-8-5-7-17(22)13-18/h4-13H,14H2,1-3H3. The van der Waals surface area contributed by atoms with Gasteiger partial charge < -0.3 is 9.32 Å². The van der Waals surface area contributed by atoms with E-state index in [1.54, 1.807) is 49.5 Å². The SMILES string of the molecule is Cc1ccc(CN(C)C(=O)c2cccc(S(=O)(=O)N(C)c3cccc(Cl)c3)c2)o1. The highest BCUT2D eigenvalue weighted by molar-refractivity contribution is 7.92. The first-order valence-electron chi connectivity index (χ1n) is 8.84. The molecule has 0 radical (unpaired) electrons. The van der Waals surface area contributed by atoms with Crippen LogP contribution in [0.5, 0.6) is 0 Å². The number of carbonyl (C=O) groups excluding carboxylic acids is 1. The molecule has 0 unspecified atom stereocenters. The fourth-order valence-corrected chi connectivity index (χ4v) is 4.27. The zero-order valence-corrected chi connectivity index (χ0v) is 17.9. The van der Waals surface area contributed by atoms with Crippen molar-refractivity contribution in [3.05, 3.63) is 82.8 Å². The Morgan fingerprint density at radius 2 is 1.76 bits per heavy atom. The van der Waals surface area contributed by atoms with E-state index in [4.69, 9.17) is 16.0 Å². The van der Waals surface area contributed by atoms with Crippen LogP contribution in [0.4, 0.5) is 5.69 Å². The number of nitrogens with zero attached hydrogens (tertiary/aromatic N) is 2. The number of amides is 1. The van der Waals surface area contributed by atoms with Crippen LogP contribution in [0, 0.1) is 6.92 Å². The van der Waals surface area contributed by atoms with Crippen molar-refractivity contribution in [3.8, 4) is 0 Å². The third-order valence-electron chi connectivity index (χ3n) is 4.45. The largest absolute Gasteiger partial charge is 0.464 e. The topological polar surface area (TPSA) is 70.8 Å². The molecule has 0 bridgehead atoms. The van der Waals surface area contributed by atoms with Crippen molar-refractivity contribution in [2.75, 3.05) is 18.4 Å². The molecule has 1 aromatic heterocycles. The normalized spacial score (nSPS) is 11.3. The summed E-state index contributed by atoms with van der Waals surface area (Å²) in [6, 6.07) is 16.2. The first-order valence-corrected chi connectivity index (χ1v) is 10.7. The monoisotopic (exact) mass is 432 g/mol. The van der Waals surface area contributed by atoms with Crippen LogP contribution in [0.3, 0.4) is 0 Å². The van der Waals surface area contributed by atoms with Gasteiger partial charge >= 0.3 is 0 Å². The number of sulfonamides is 1. The second-order valence-corrected chi connectivity index (χ2v) is 9.06. The molecule has 152 valence electrons. The Bertz CT molecular complexity index is 1140. The molecule has 0 aliphatic rings. The summed E-state index contributed by atoms with van der Waals surface area (Å²) < 4.78 is 32.7. The minimum absolute atomic E-state index is 0.0214. The summed E-state index contributed by atoms with van der Waals surface area (Å²) in [6.07, 6.45) is 0. The lowest BCUT2D eigenvalue weighted by Crippen LogP contribution is -2.28. The van der Waals surface area contributed by atoms with E-state index < -0.39 is 10.0 Å². The summed E-state index contributed by atoms with van der Waals surface area (Å²) in [5.74, 6) is 1.11. The molecule has 29 heavy (non-hydrogen) atoms. The van der Waals surface area contributed by atoms with E-state index in [0.29, 0.717) is 16.5 Å². The van der Waals surface area contributed by atoms with Crippen LogP contribution in [0.2, 0.25) is 5.02 Å². The fourth-order valence-electron chi connectivity index (χ4n) is 2.85. The highest BCUT2D eigenvalue weighted by atomic mass is 35.5. The van der Waals surface area contributed by atoms with Gasteiger partial charge in [-0.2, -0.15) is 0 Å². The molecule has 0 fully saturated rings. The molecule has 3 aromatic rings. The summed E-state index contributed by atoms with van der Waals surface area (Å²) in [4.78, 5) is 14.3. The Balaban J connectivity index is 1.85. The third-order valence-corrected chi connectivity index (χ3v) is 6.46. The van der Waals surface area contributed by atoms with Gasteiger partial charge in [0, 0.05) is 24.7 Å². The van der Waals surface area contributed by atoms with Gasteiger partial charge in [0.25, 0.3) is 15.9 Å². The fraction of sp³-hybridized carbons (Fsp3) is 0.190. The molecule has 1 amide bonds. The number of hydrogen-bond acceptors (Lipinski definition) is 4. The maximum absolute atomic E-state index is 13.0. The van der Waals surface area contributed by atoms with Crippen LogP contribution >= 0.6 is 11.6 Å². The van der Waals surface area contributed by atoms with Crippen LogP contribution in [-0.4, -0.2) is 33.3 Å². The number of carbonyl (C=O) groups is 1. The van der Waals surface area contributed by atoms with E-state index in [1.165, 1.54) is 24.1 Å². The Kier molecular flexibility index (Phi) is 6.00. The maximum Gasteiger partial charge on any atom is 0.264 e. The summed E-state index contributed by atoms with van der Waals surface area (Å²) >= 11 is 5.98. The lowest BCUT2D eigenvalue weighted by Gasteiger charge is -2.21. The quantitative estimate of drug-likeness (QED) is 0.581. The Labute approximate surface area is 175 Å². The lowest BCUT2D eigenvalue weighted by molar-refractivity contribution is 0.0774. The predicted octanol–water partition coefficient (Wildman–Crippen LogP) is 4.34. The Morgan fingerprint density at radius 1 is 1.03 bits per heavy atom. The molecule has 1 heterocycles. The van der Waals surface area contributed by atoms with Crippen LogP contribution in [-0.2, 0) is 16.6 Å². The highest BCUT2D eigenvalue weighted by Gasteiger charge is 2.23. The molecular weight excluding hydrogens is 412 g/mol. The van der Waals surface area contributed by atoms with E-state index in [-0.39, 0.29) is 22.9 Å². The number of hydrogen-bond donors (Lipinski definition) is 0. The summed E-state index contributed by atoms with van der Waals surface area (Å²) in [5.41, 5.74) is 0.705. The molecule has 2 aromatic carbocycles. The predicted molar refractivity (Wildman–Crippen MR) is 113 cm³/mol. The van der Waals surface area contributed by atoms with Crippen molar-refractivity contribution in [2.24, 2.45) is 0 Å². The summed E-state index contributed by atoms with van der Waals surface area (Å²) in [5, 5.41) is 0.434. The van der Waals surface area contributed by atoms with Crippen molar-refractivity contribution in [1.29, 1.82) is 0 Å². The molecule has 3 rings (SSSR count). The first-order chi connectivity index (χ1) is 13.7. The number of furan rings is 1. The maximum atomic E-state index is 13.0. The summed E-state index contributed by atoms with van der Waals surface area (Å²) in [6.45, 7) is 2.11. The minimum Gasteiger partial charge on any atom is -0.464 e. The molecule has 0 saturated heterocycles. The van der Waals surface area contributed by atoms with Crippen LogP contribution in [0.25, 0.3) is 0 Å². The van der Waals surface area contributed by atoms with Crippen molar-refractivity contribution in [1.82, 2.24) is 4.90 Å². The Hall–Kier alpha value is -2.77. The van der Waals surface area contributed by atoms with Gasteiger partial charge in [0.05, 0.1) is 17.1 Å². The number of rotatable bonds is 6. The molecule has 0 aliphatic carbocycles. The van der Waals surface area contributed by atoms with E-state index >= 15 is 0 Å². The molecule has 0 N–H and O–H groups in total. The molecule has 8 heteroatoms. The number of aryl methyl sites for hydroxylation is 1. The van der Waals surface area contributed by atoms with Gasteiger partial charge in [-0.05, 0) is 55.5 Å². The number of anilines is 1. The van der Waals surface area contributed by atoms with Crippen LogP contribution in [0.1, 0.15) is 21.9 Å². The van der Waals surface area contributed by atoms with Crippen LogP contribution in [0.15, 0.2) is 70.0 Å². The van der Waals surface area contributed by atoms with Gasteiger partial charge in [0.15, 0.2) is 0 Å². The van der Waals surface area contributed by atoms with E-state index in [0.717, 1.165) is 10.1 Å².